The van der Waals surface area contributed by atoms with Crippen molar-refractivity contribution >= 4 is 11.6 Å². The van der Waals surface area contributed by atoms with Gasteiger partial charge in [-0.05, 0) is 30.0 Å². The monoisotopic (exact) mass is 226 g/mol. The minimum atomic E-state index is 0.345. The van der Waals surface area contributed by atoms with Crippen molar-refractivity contribution in [3.8, 4) is 0 Å². The summed E-state index contributed by atoms with van der Waals surface area (Å²) in [6.07, 6.45) is 2.83. The molecule has 0 aliphatic heterocycles. The second-order valence-corrected chi connectivity index (χ2v) is 5.36. The van der Waals surface area contributed by atoms with E-state index >= 15 is 0 Å². The molecule has 0 bridgehead atoms. The Morgan fingerprint density at radius 3 is 2.60 bits per heavy atom. The topological polar surface area (TPSA) is 24.9 Å². The molecule has 3 heteroatoms. The minimum absolute atomic E-state index is 0.345. The third-order valence-corrected chi connectivity index (χ3v) is 2.26. The Morgan fingerprint density at radius 1 is 1.33 bits per heavy atom. The molecule has 1 aromatic heterocycles. The molecule has 0 saturated carbocycles. The van der Waals surface area contributed by atoms with E-state index in [4.69, 9.17) is 11.6 Å². The molecule has 2 nitrogen and oxygen atoms in total. The van der Waals surface area contributed by atoms with Crippen molar-refractivity contribution in [1.29, 1.82) is 0 Å². The van der Waals surface area contributed by atoms with Crippen molar-refractivity contribution in [2.45, 2.75) is 27.2 Å². The lowest BCUT2D eigenvalue weighted by molar-refractivity contribution is 0.381. The average Bonchev–Trinajstić information content (AvgIpc) is 2.14. The molecule has 0 saturated heterocycles. The number of nitrogens with zero attached hydrogens (tertiary/aromatic N) is 1. The van der Waals surface area contributed by atoms with Crippen LogP contribution in [0.15, 0.2) is 18.3 Å². The third-order valence-electron chi connectivity index (χ3n) is 2.03. The molecule has 1 heterocycles. The van der Waals surface area contributed by atoms with Gasteiger partial charge in [0.25, 0.3) is 0 Å². The zero-order valence-electron chi connectivity index (χ0n) is 9.68. The summed E-state index contributed by atoms with van der Waals surface area (Å²) in [4.78, 5) is 4.04. The first kappa shape index (κ1) is 12.5. The molecule has 0 atom stereocenters. The molecule has 15 heavy (non-hydrogen) atoms. The second kappa shape index (κ2) is 5.47. The molecule has 0 aliphatic carbocycles. The maximum Gasteiger partial charge on any atom is 0.129 e. The molecule has 0 radical (unpaired) electrons. The van der Waals surface area contributed by atoms with Gasteiger partial charge in [0.2, 0.25) is 0 Å². The van der Waals surface area contributed by atoms with E-state index in [2.05, 4.69) is 31.1 Å². The van der Waals surface area contributed by atoms with Crippen molar-refractivity contribution in [2.24, 2.45) is 5.41 Å². The Labute approximate surface area is 97.1 Å². The number of aromatic nitrogens is 1. The van der Waals surface area contributed by atoms with E-state index in [0.717, 1.165) is 19.5 Å². The Hall–Kier alpha value is -0.600. The normalized spacial score (nSPS) is 11.7. The fourth-order valence-electron chi connectivity index (χ4n) is 1.25. The van der Waals surface area contributed by atoms with E-state index in [0.29, 0.717) is 10.6 Å². The van der Waals surface area contributed by atoms with E-state index < -0.39 is 0 Å². The molecule has 0 aliphatic rings. The minimum Gasteiger partial charge on any atom is -0.316 e. The maximum absolute atomic E-state index is 5.71. The first-order chi connectivity index (χ1) is 6.97. The van der Waals surface area contributed by atoms with Crippen LogP contribution in [0.1, 0.15) is 26.3 Å². The fraction of sp³-hybridized carbons (Fsp3) is 0.583. The van der Waals surface area contributed by atoms with Gasteiger partial charge in [-0.15, -0.1) is 0 Å². The van der Waals surface area contributed by atoms with Crippen LogP contribution in [0.2, 0.25) is 5.15 Å². The highest BCUT2D eigenvalue weighted by atomic mass is 35.5. The molecule has 0 fully saturated rings. The van der Waals surface area contributed by atoms with E-state index in [1.807, 2.05) is 18.3 Å². The summed E-state index contributed by atoms with van der Waals surface area (Å²) >= 11 is 5.71. The zero-order valence-corrected chi connectivity index (χ0v) is 10.4. The summed E-state index contributed by atoms with van der Waals surface area (Å²) in [5.41, 5.74) is 1.57. The summed E-state index contributed by atoms with van der Waals surface area (Å²) < 4.78 is 0. The van der Waals surface area contributed by atoms with E-state index in [-0.39, 0.29) is 0 Å². The number of rotatable bonds is 4. The smallest absolute Gasteiger partial charge is 0.129 e. The fourth-order valence-corrected chi connectivity index (χ4v) is 1.36. The highest BCUT2D eigenvalue weighted by Gasteiger charge is 2.08. The van der Waals surface area contributed by atoms with Crippen LogP contribution in [0, 0.1) is 5.41 Å². The Morgan fingerprint density at radius 2 is 2.07 bits per heavy atom. The van der Waals surface area contributed by atoms with Crippen LogP contribution in [0.4, 0.5) is 0 Å². The molecular formula is C12H19ClN2. The van der Waals surface area contributed by atoms with Crippen LogP contribution in [0.25, 0.3) is 0 Å². The molecular weight excluding hydrogens is 208 g/mol. The molecule has 0 spiro atoms. The van der Waals surface area contributed by atoms with Gasteiger partial charge in [-0.25, -0.2) is 4.98 Å². The van der Waals surface area contributed by atoms with Gasteiger partial charge in [0.05, 0.1) is 0 Å². The summed E-state index contributed by atoms with van der Waals surface area (Å²) in [7, 11) is 0. The molecule has 1 N–H and O–H groups in total. The van der Waals surface area contributed by atoms with Gasteiger partial charge in [0.15, 0.2) is 0 Å². The zero-order chi connectivity index (χ0) is 11.3. The van der Waals surface area contributed by atoms with Crippen LogP contribution < -0.4 is 5.32 Å². The largest absolute Gasteiger partial charge is 0.316 e. The van der Waals surface area contributed by atoms with Crippen molar-refractivity contribution in [2.75, 3.05) is 13.1 Å². The van der Waals surface area contributed by atoms with Gasteiger partial charge in [0, 0.05) is 12.7 Å². The summed E-state index contributed by atoms with van der Waals surface area (Å²) in [5, 5.41) is 3.98. The lowest BCUT2D eigenvalue weighted by Crippen LogP contribution is -2.28. The van der Waals surface area contributed by atoms with E-state index in [1.165, 1.54) is 5.56 Å². The average molecular weight is 227 g/mol. The van der Waals surface area contributed by atoms with E-state index in [1.54, 1.807) is 0 Å². The Bertz CT molecular complexity index is 287. The molecule has 1 aromatic rings. The van der Waals surface area contributed by atoms with Crippen molar-refractivity contribution < 1.29 is 0 Å². The van der Waals surface area contributed by atoms with Crippen molar-refractivity contribution in [3.63, 3.8) is 0 Å². The second-order valence-electron chi connectivity index (χ2n) is 4.98. The van der Waals surface area contributed by atoms with E-state index in [9.17, 15) is 0 Å². The molecule has 0 aromatic carbocycles. The maximum atomic E-state index is 5.71. The third kappa shape index (κ3) is 5.75. The molecule has 1 rings (SSSR count). The predicted molar refractivity (Wildman–Crippen MR) is 65.3 cm³/mol. The van der Waals surface area contributed by atoms with Gasteiger partial charge in [-0.1, -0.05) is 38.4 Å². The van der Waals surface area contributed by atoms with Crippen LogP contribution in [0.3, 0.4) is 0 Å². The first-order valence-corrected chi connectivity index (χ1v) is 5.66. The van der Waals surface area contributed by atoms with Gasteiger partial charge in [-0.3, -0.25) is 0 Å². The van der Waals surface area contributed by atoms with Gasteiger partial charge < -0.3 is 5.32 Å². The van der Waals surface area contributed by atoms with Crippen LogP contribution >= 0.6 is 11.6 Å². The summed E-state index contributed by atoms with van der Waals surface area (Å²) in [6.45, 7) is 8.70. The number of nitrogens with one attached hydrogen (secondary N) is 1. The van der Waals surface area contributed by atoms with Crippen molar-refractivity contribution in [1.82, 2.24) is 10.3 Å². The number of hydrogen-bond acceptors (Lipinski definition) is 2. The quantitative estimate of drug-likeness (QED) is 0.631. The predicted octanol–water partition coefficient (Wildman–Crippen LogP) is 2.91. The summed E-state index contributed by atoms with van der Waals surface area (Å²) in [6, 6.07) is 3.86. The summed E-state index contributed by atoms with van der Waals surface area (Å²) in [5.74, 6) is 0. The Balaban J connectivity index is 2.23. The molecule has 0 amide bonds. The number of pyridine rings is 1. The van der Waals surface area contributed by atoms with Gasteiger partial charge >= 0.3 is 0 Å². The molecule has 84 valence electrons. The number of hydrogen-bond donors (Lipinski definition) is 1. The lowest BCUT2D eigenvalue weighted by atomic mass is 9.97. The SMILES string of the molecule is CC(C)(C)CNCCc1ccc(Cl)nc1. The molecule has 0 unspecified atom stereocenters. The highest BCUT2D eigenvalue weighted by Crippen LogP contribution is 2.10. The lowest BCUT2D eigenvalue weighted by Gasteiger charge is -2.18. The van der Waals surface area contributed by atoms with Crippen LogP contribution in [-0.4, -0.2) is 18.1 Å². The van der Waals surface area contributed by atoms with Gasteiger partial charge in [-0.2, -0.15) is 0 Å². The standard InChI is InChI=1S/C12H19ClN2/c1-12(2,3)9-14-7-6-10-4-5-11(13)15-8-10/h4-5,8,14H,6-7,9H2,1-3H3. The van der Waals surface area contributed by atoms with Gasteiger partial charge in [0.1, 0.15) is 5.15 Å². The van der Waals surface area contributed by atoms with Crippen molar-refractivity contribution in [3.05, 3.63) is 29.0 Å². The Kier molecular flexibility index (Phi) is 4.55. The highest BCUT2D eigenvalue weighted by molar-refractivity contribution is 6.29. The number of halogens is 1. The van der Waals surface area contributed by atoms with Crippen LogP contribution in [-0.2, 0) is 6.42 Å². The van der Waals surface area contributed by atoms with Crippen LogP contribution in [0.5, 0.6) is 0 Å². The first-order valence-electron chi connectivity index (χ1n) is 5.28.